The SMILES string of the molecule is COc1ccc(C(OC)(c2ccc(I)cc2)c2ccc(OC)cc2)cc1. The summed E-state index contributed by atoms with van der Waals surface area (Å²) in [6, 6.07) is 24.4. The van der Waals surface area contributed by atoms with Crippen molar-refractivity contribution < 1.29 is 14.2 Å². The van der Waals surface area contributed by atoms with Gasteiger partial charge < -0.3 is 14.2 Å². The van der Waals surface area contributed by atoms with E-state index in [2.05, 4.69) is 46.9 Å². The van der Waals surface area contributed by atoms with Crippen LogP contribution in [-0.4, -0.2) is 21.3 Å². The van der Waals surface area contributed by atoms with Gasteiger partial charge in [0.05, 0.1) is 14.2 Å². The van der Waals surface area contributed by atoms with Crippen LogP contribution in [-0.2, 0) is 10.3 Å². The molecule has 0 fully saturated rings. The van der Waals surface area contributed by atoms with Gasteiger partial charge in [-0.1, -0.05) is 36.4 Å². The molecule has 3 nitrogen and oxygen atoms in total. The van der Waals surface area contributed by atoms with Crippen molar-refractivity contribution >= 4 is 22.6 Å². The topological polar surface area (TPSA) is 27.7 Å². The lowest BCUT2D eigenvalue weighted by Crippen LogP contribution is -2.31. The first kappa shape index (κ1) is 18.7. The van der Waals surface area contributed by atoms with E-state index in [1.807, 2.05) is 48.5 Å². The summed E-state index contributed by atoms with van der Waals surface area (Å²) >= 11 is 2.31. The van der Waals surface area contributed by atoms with Crippen molar-refractivity contribution in [2.45, 2.75) is 5.60 Å². The molecule has 134 valence electrons. The van der Waals surface area contributed by atoms with E-state index in [1.165, 1.54) is 3.57 Å². The fourth-order valence-electron chi connectivity index (χ4n) is 3.19. The fraction of sp³-hybridized carbons (Fsp3) is 0.182. The molecule has 4 heteroatoms. The van der Waals surface area contributed by atoms with Crippen LogP contribution in [0.15, 0.2) is 72.8 Å². The van der Waals surface area contributed by atoms with Crippen LogP contribution in [0.5, 0.6) is 11.5 Å². The van der Waals surface area contributed by atoms with E-state index in [4.69, 9.17) is 14.2 Å². The summed E-state index contributed by atoms with van der Waals surface area (Å²) < 4.78 is 18.0. The number of benzene rings is 3. The van der Waals surface area contributed by atoms with Crippen molar-refractivity contribution in [3.05, 3.63) is 93.1 Å². The molecular weight excluding hydrogens is 439 g/mol. The third kappa shape index (κ3) is 3.44. The molecule has 0 unspecified atom stereocenters. The standard InChI is InChI=1S/C22H21IO3/c1-24-20-12-6-17(7-13-20)22(26-3,16-4-10-19(23)11-5-16)18-8-14-21(25-2)15-9-18/h4-15H,1-3H3. The van der Waals surface area contributed by atoms with Gasteiger partial charge in [-0.05, 0) is 75.7 Å². The van der Waals surface area contributed by atoms with Gasteiger partial charge in [-0.2, -0.15) is 0 Å². The maximum Gasteiger partial charge on any atom is 0.143 e. The molecule has 0 N–H and O–H groups in total. The fourth-order valence-corrected chi connectivity index (χ4v) is 3.55. The van der Waals surface area contributed by atoms with E-state index < -0.39 is 5.60 Å². The molecule has 0 aliphatic heterocycles. The van der Waals surface area contributed by atoms with Gasteiger partial charge in [0.15, 0.2) is 0 Å². The van der Waals surface area contributed by atoms with Gasteiger partial charge in [0.1, 0.15) is 17.1 Å². The van der Waals surface area contributed by atoms with E-state index in [1.54, 1.807) is 21.3 Å². The number of rotatable bonds is 6. The molecule has 0 spiro atoms. The smallest absolute Gasteiger partial charge is 0.143 e. The lowest BCUT2D eigenvalue weighted by Gasteiger charge is -2.34. The van der Waals surface area contributed by atoms with Crippen LogP contribution >= 0.6 is 22.6 Å². The summed E-state index contributed by atoms with van der Waals surface area (Å²) in [5, 5.41) is 0. The van der Waals surface area contributed by atoms with Crippen LogP contribution < -0.4 is 9.47 Å². The first-order valence-corrected chi connectivity index (χ1v) is 9.32. The van der Waals surface area contributed by atoms with Crippen LogP contribution in [0.2, 0.25) is 0 Å². The highest BCUT2D eigenvalue weighted by Crippen LogP contribution is 2.41. The highest BCUT2D eigenvalue weighted by Gasteiger charge is 2.36. The molecule has 3 aromatic carbocycles. The third-order valence-electron chi connectivity index (χ3n) is 4.55. The van der Waals surface area contributed by atoms with E-state index >= 15 is 0 Å². The van der Waals surface area contributed by atoms with Gasteiger partial charge in [0.25, 0.3) is 0 Å². The number of halogens is 1. The molecule has 0 saturated carbocycles. The van der Waals surface area contributed by atoms with E-state index in [-0.39, 0.29) is 0 Å². The van der Waals surface area contributed by atoms with Crippen molar-refractivity contribution in [1.82, 2.24) is 0 Å². The molecule has 3 rings (SSSR count). The zero-order valence-electron chi connectivity index (χ0n) is 15.0. The second-order valence-corrected chi connectivity index (χ2v) is 7.09. The highest BCUT2D eigenvalue weighted by molar-refractivity contribution is 14.1. The first-order chi connectivity index (χ1) is 12.6. The molecular formula is C22H21IO3. The van der Waals surface area contributed by atoms with Gasteiger partial charge in [-0.15, -0.1) is 0 Å². The minimum Gasteiger partial charge on any atom is -0.497 e. The van der Waals surface area contributed by atoms with Gasteiger partial charge in [-0.25, -0.2) is 0 Å². The predicted molar refractivity (Wildman–Crippen MR) is 112 cm³/mol. The Morgan fingerprint density at radius 2 is 0.923 bits per heavy atom. The average molecular weight is 460 g/mol. The van der Waals surface area contributed by atoms with Crippen LogP contribution in [0.1, 0.15) is 16.7 Å². The quantitative estimate of drug-likeness (QED) is 0.372. The maximum absolute atomic E-state index is 6.20. The Bertz CT molecular complexity index is 793. The second-order valence-electron chi connectivity index (χ2n) is 5.85. The molecule has 0 amide bonds. The normalized spacial score (nSPS) is 11.2. The Hall–Kier alpha value is -2.05. The minimum atomic E-state index is -0.719. The first-order valence-electron chi connectivity index (χ1n) is 8.24. The summed E-state index contributed by atoms with van der Waals surface area (Å²) in [5.74, 6) is 1.63. The zero-order chi connectivity index (χ0) is 18.6. The van der Waals surface area contributed by atoms with Crippen molar-refractivity contribution in [3.63, 3.8) is 0 Å². The Kier molecular flexibility index (Phi) is 5.84. The third-order valence-corrected chi connectivity index (χ3v) is 5.27. The van der Waals surface area contributed by atoms with Crippen LogP contribution in [0.3, 0.4) is 0 Å². The number of hydrogen-bond donors (Lipinski definition) is 0. The zero-order valence-corrected chi connectivity index (χ0v) is 17.2. The minimum absolute atomic E-state index is 0.719. The second kappa shape index (κ2) is 8.10. The molecule has 0 heterocycles. The number of hydrogen-bond acceptors (Lipinski definition) is 3. The number of methoxy groups -OCH3 is 3. The largest absolute Gasteiger partial charge is 0.497 e. The van der Waals surface area contributed by atoms with Crippen LogP contribution in [0.25, 0.3) is 0 Å². The van der Waals surface area contributed by atoms with Gasteiger partial charge in [-0.3, -0.25) is 0 Å². The Morgan fingerprint density at radius 3 is 1.23 bits per heavy atom. The molecule has 0 radical (unpaired) electrons. The molecule has 0 bridgehead atoms. The van der Waals surface area contributed by atoms with Crippen molar-refractivity contribution in [2.75, 3.05) is 21.3 Å². The highest BCUT2D eigenvalue weighted by atomic mass is 127. The van der Waals surface area contributed by atoms with Gasteiger partial charge in [0, 0.05) is 10.7 Å². The summed E-state index contributed by atoms with van der Waals surface area (Å²) in [6.45, 7) is 0. The number of ether oxygens (including phenoxy) is 3. The van der Waals surface area contributed by atoms with E-state index in [0.29, 0.717) is 0 Å². The maximum atomic E-state index is 6.20. The Balaban J connectivity index is 2.22. The monoisotopic (exact) mass is 460 g/mol. The van der Waals surface area contributed by atoms with Crippen LogP contribution in [0, 0.1) is 3.57 Å². The van der Waals surface area contributed by atoms with Gasteiger partial charge >= 0.3 is 0 Å². The summed E-state index contributed by atoms with van der Waals surface area (Å²) in [5.41, 5.74) is 2.41. The molecule has 0 aromatic heterocycles. The molecule has 0 aliphatic rings. The molecule has 3 aromatic rings. The predicted octanol–water partition coefficient (Wildman–Crippen LogP) is 5.25. The lowest BCUT2D eigenvalue weighted by molar-refractivity contribution is 0.0584. The van der Waals surface area contributed by atoms with Crippen LogP contribution in [0.4, 0.5) is 0 Å². The summed E-state index contributed by atoms with van der Waals surface area (Å²) in [6.07, 6.45) is 0. The molecule has 0 atom stereocenters. The van der Waals surface area contributed by atoms with Crippen molar-refractivity contribution in [2.24, 2.45) is 0 Å². The lowest BCUT2D eigenvalue weighted by atomic mass is 9.80. The van der Waals surface area contributed by atoms with E-state index in [9.17, 15) is 0 Å². The Labute approximate surface area is 168 Å². The summed E-state index contributed by atoms with van der Waals surface area (Å²) in [4.78, 5) is 0. The Morgan fingerprint density at radius 1 is 0.577 bits per heavy atom. The van der Waals surface area contributed by atoms with Crippen molar-refractivity contribution in [1.29, 1.82) is 0 Å². The van der Waals surface area contributed by atoms with Gasteiger partial charge in [0.2, 0.25) is 0 Å². The summed E-state index contributed by atoms with van der Waals surface area (Å²) in [7, 11) is 5.08. The van der Waals surface area contributed by atoms with E-state index in [0.717, 1.165) is 28.2 Å². The average Bonchev–Trinajstić information content (AvgIpc) is 2.71. The molecule has 26 heavy (non-hydrogen) atoms. The molecule has 0 saturated heterocycles. The van der Waals surface area contributed by atoms with Crippen molar-refractivity contribution in [3.8, 4) is 11.5 Å². The molecule has 0 aliphatic carbocycles.